The number of ether oxygens (including phenoxy) is 1. The lowest BCUT2D eigenvalue weighted by molar-refractivity contribution is -0.132. The molecule has 5 heteroatoms. The lowest BCUT2D eigenvalue weighted by Crippen LogP contribution is -2.49. The van der Waals surface area contributed by atoms with Gasteiger partial charge < -0.3 is 14.5 Å². The Hall–Kier alpha value is -1.42. The average molecular weight is 295 g/mol. The van der Waals surface area contributed by atoms with Crippen LogP contribution >= 0.6 is 11.6 Å². The van der Waals surface area contributed by atoms with E-state index >= 15 is 0 Å². The molecule has 1 aliphatic carbocycles. The molecule has 1 heterocycles. The highest BCUT2D eigenvalue weighted by Gasteiger charge is 2.34. The van der Waals surface area contributed by atoms with Crippen LogP contribution in [0.4, 0.5) is 5.69 Å². The van der Waals surface area contributed by atoms with Crippen molar-refractivity contribution in [3.05, 3.63) is 23.2 Å². The van der Waals surface area contributed by atoms with E-state index in [0.717, 1.165) is 44.7 Å². The maximum absolute atomic E-state index is 12.0. The average Bonchev–Trinajstić information content (AvgIpc) is 3.31. The fraction of sp³-hybridized carbons (Fsp3) is 0.533. The first-order valence-corrected chi connectivity index (χ1v) is 7.44. The third-order valence-corrected chi connectivity index (χ3v) is 4.31. The van der Waals surface area contributed by atoms with Gasteiger partial charge >= 0.3 is 0 Å². The molecular formula is C15H19ClN2O2. The molecule has 108 valence electrons. The van der Waals surface area contributed by atoms with Gasteiger partial charge in [-0.1, -0.05) is 11.6 Å². The number of carbonyl (C=O) groups excluding carboxylic acids is 1. The van der Waals surface area contributed by atoms with E-state index in [9.17, 15) is 4.79 Å². The minimum atomic E-state index is 0.317. The van der Waals surface area contributed by atoms with Gasteiger partial charge in [0.1, 0.15) is 5.75 Å². The van der Waals surface area contributed by atoms with E-state index in [1.807, 2.05) is 23.1 Å². The van der Waals surface area contributed by atoms with E-state index in [4.69, 9.17) is 16.3 Å². The Kier molecular flexibility index (Phi) is 3.74. The van der Waals surface area contributed by atoms with Gasteiger partial charge in [0.25, 0.3) is 0 Å². The number of carbonyl (C=O) groups is 1. The Labute approximate surface area is 124 Å². The molecule has 0 aromatic heterocycles. The van der Waals surface area contributed by atoms with Gasteiger partial charge in [0.15, 0.2) is 0 Å². The van der Waals surface area contributed by atoms with Crippen molar-refractivity contribution in [3.63, 3.8) is 0 Å². The van der Waals surface area contributed by atoms with Crippen molar-refractivity contribution in [1.29, 1.82) is 0 Å². The summed E-state index contributed by atoms with van der Waals surface area (Å²) in [5.41, 5.74) is 1.09. The summed E-state index contributed by atoms with van der Waals surface area (Å²) < 4.78 is 5.17. The number of hydrogen-bond acceptors (Lipinski definition) is 3. The lowest BCUT2D eigenvalue weighted by Gasteiger charge is -2.36. The Morgan fingerprint density at radius 2 is 1.95 bits per heavy atom. The van der Waals surface area contributed by atoms with Crippen LogP contribution in [-0.2, 0) is 4.79 Å². The third kappa shape index (κ3) is 2.70. The summed E-state index contributed by atoms with van der Waals surface area (Å²) in [5.74, 6) is 1.35. The van der Waals surface area contributed by atoms with Gasteiger partial charge in [0.05, 0.1) is 12.1 Å². The molecule has 1 aliphatic heterocycles. The van der Waals surface area contributed by atoms with Gasteiger partial charge in [0.2, 0.25) is 5.91 Å². The molecule has 2 aliphatic rings. The normalized spacial score (nSPS) is 19.1. The predicted molar refractivity (Wildman–Crippen MR) is 79.5 cm³/mol. The molecule has 2 fully saturated rings. The summed E-state index contributed by atoms with van der Waals surface area (Å²) in [4.78, 5) is 16.3. The topological polar surface area (TPSA) is 32.8 Å². The molecule has 1 aromatic carbocycles. The first-order chi connectivity index (χ1) is 9.69. The molecular weight excluding hydrogens is 276 g/mol. The Balaban J connectivity index is 1.62. The monoisotopic (exact) mass is 294 g/mol. The zero-order valence-corrected chi connectivity index (χ0v) is 12.4. The zero-order valence-electron chi connectivity index (χ0n) is 11.6. The molecule has 1 saturated heterocycles. The summed E-state index contributed by atoms with van der Waals surface area (Å²) in [6.45, 7) is 3.33. The first-order valence-electron chi connectivity index (χ1n) is 7.06. The van der Waals surface area contributed by atoms with E-state index in [0.29, 0.717) is 22.6 Å². The maximum Gasteiger partial charge on any atom is 0.225 e. The van der Waals surface area contributed by atoms with Crippen LogP contribution in [-0.4, -0.2) is 44.1 Å². The lowest BCUT2D eigenvalue weighted by atomic mass is 10.2. The van der Waals surface area contributed by atoms with Gasteiger partial charge in [0, 0.05) is 37.8 Å². The highest BCUT2D eigenvalue weighted by molar-refractivity contribution is 6.32. The van der Waals surface area contributed by atoms with Gasteiger partial charge in [-0.2, -0.15) is 0 Å². The summed E-state index contributed by atoms with van der Waals surface area (Å²) in [6, 6.07) is 5.83. The largest absolute Gasteiger partial charge is 0.495 e. The van der Waals surface area contributed by atoms with E-state index in [-0.39, 0.29) is 0 Å². The molecule has 0 bridgehead atoms. The second-order valence-corrected chi connectivity index (χ2v) is 5.81. The van der Waals surface area contributed by atoms with Crippen LogP contribution in [0, 0.1) is 5.92 Å². The van der Waals surface area contributed by atoms with Gasteiger partial charge in [-0.05, 0) is 31.0 Å². The highest BCUT2D eigenvalue weighted by Crippen LogP contribution is 2.32. The molecule has 20 heavy (non-hydrogen) atoms. The molecule has 1 saturated carbocycles. The minimum absolute atomic E-state index is 0.317. The fourth-order valence-electron chi connectivity index (χ4n) is 2.63. The van der Waals surface area contributed by atoms with Crippen molar-refractivity contribution >= 4 is 23.2 Å². The van der Waals surface area contributed by atoms with Crippen LogP contribution in [0.1, 0.15) is 12.8 Å². The van der Waals surface area contributed by atoms with E-state index in [2.05, 4.69) is 4.90 Å². The van der Waals surface area contributed by atoms with E-state index < -0.39 is 0 Å². The minimum Gasteiger partial charge on any atom is -0.495 e. The molecule has 1 aromatic rings. The summed E-state index contributed by atoms with van der Waals surface area (Å²) in [5, 5.41) is 0.626. The number of rotatable bonds is 3. The molecule has 0 radical (unpaired) electrons. The maximum atomic E-state index is 12.0. The van der Waals surface area contributed by atoms with Crippen LogP contribution in [0.3, 0.4) is 0 Å². The van der Waals surface area contributed by atoms with E-state index in [1.54, 1.807) is 7.11 Å². The van der Waals surface area contributed by atoms with Crippen LogP contribution in [0.25, 0.3) is 0 Å². The molecule has 0 unspecified atom stereocenters. The Morgan fingerprint density at radius 1 is 1.25 bits per heavy atom. The summed E-state index contributed by atoms with van der Waals surface area (Å²) in [6.07, 6.45) is 2.15. The zero-order chi connectivity index (χ0) is 14.1. The molecule has 3 rings (SSSR count). The van der Waals surface area contributed by atoms with Crippen molar-refractivity contribution in [1.82, 2.24) is 4.90 Å². The predicted octanol–water partition coefficient (Wildman–Crippen LogP) is 2.41. The second kappa shape index (κ2) is 5.52. The van der Waals surface area contributed by atoms with Gasteiger partial charge in [-0.15, -0.1) is 0 Å². The van der Waals surface area contributed by atoms with Crippen molar-refractivity contribution in [3.8, 4) is 5.75 Å². The number of nitrogens with zero attached hydrogens (tertiary/aromatic N) is 2. The Bertz CT molecular complexity index is 509. The van der Waals surface area contributed by atoms with Crippen molar-refractivity contribution in [2.75, 3.05) is 38.2 Å². The fourth-order valence-corrected chi connectivity index (χ4v) is 2.88. The van der Waals surface area contributed by atoms with Gasteiger partial charge in [-0.3, -0.25) is 4.79 Å². The second-order valence-electron chi connectivity index (χ2n) is 5.41. The SMILES string of the molecule is COc1ccc(N2CCN(C(=O)C3CC3)CC2)cc1Cl. The first kappa shape index (κ1) is 13.6. The van der Waals surface area contributed by atoms with Crippen molar-refractivity contribution in [2.24, 2.45) is 5.92 Å². The number of hydrogen-bond donors (Lipinski definition) is 0. The number of halogens is 1. The standard InChI is InChI=1S/C15H19ClN2O2/c1-20-14-5-4-12(10-13(14)16)17-6-8-18(9-7-17)15(19)11-2-3-11/h4-5,10-11H,2-3,6-9H2,1H3. The van der Waals surface area contributed by atoms with Crippen LogP contribution in [0.2, 0.25) is 5.02 Å². The number of anilines is 1. The number of methoxy groups -OCH3 is 1. The van der Waals surface area contributed by atoms with Gasteiger partial charge in [-0.25, -0.2) is 0 Å². The van der Waals surface area contributed by atoms with E-state index in [1.165, 1.54) is 0 Å². The molecule has 0 atom stereocenters. The summed E-state index contributed by atoms with van der Waals surface area (Å²) in [7, 11) is 1.61. The quantitative estimate of drug-likeness (QED) is 0.858. The Morgan fingerprint density at radius 3 is 2.50 bits per heavy atom. The van der Waals surface area contributed by atoms with Crippen molar-refractivity contribution in [2.45, 2.75) is 12.8 Å². The highest BCUT2D eigenvalue weighted by atomic mass is 35.5. The smallest absolute Gasteiger partial charge is 0.225 e. The molecule has 0 N–H and O–H groups in total. The van der Waals surface area contributed by atoms with Crippen LogP contribution in [0.5, 0.6) is 5.75 Å². The third-order valence-electron chi connectivity index (χ3n) is 4.02. The molecule has 0 spiro atoms. The number of benzene rings is 1. The van der Waals surface area contributed by atoms with Crippen LogP contribution in [0.15, 0.2) is 18.2 Å². The van der Waals surface area contributed by atoms with Crippen molar-refractivity contribution < 1.29 is 9.53 Å². The number of piperazine rings is 1. The van der Waals surface area contributed by atoms with Crippen LogP contribution < -0.4 is 9.64 Å². The molecule has 1 amide bonds. The molecule has 4 nitrogen and oxygen atoms in total. The summed E-state index contributed by atoms with van der Waals surface area (Å²) >= 11 is 6.16. The number of amides is 1.